The maximum Gasteiger partial charge on any atom is 0.416 e. The third-order valence-corrected chi connectivity index (χ3v) is 9.55. The Morgan fingerprint density at radius 1 is 0.826 bits per heavy atom. The second-order valence-corrected chi connectivity index (χ2v) is 12.3. The molecule has 2 aromatic rings. The lowest BCUT2D eigenvalue weighted by Crippen LogP contribution is -2.48. The fourth-order valence-corrected chi connectivity index (χ4v) is 6.91. The SMILES string of the molecule is CN(C(=O)N(C)C1CN(C(=O)C2CCC(N3CCOCC3)CC2)CC1c1ccc(F)cc1)c1cc(C(F)(F)F)cc(C(F)(F)F)c1. The molecule has 2 aromatic carbocycles. The summed E-state index contributed by atoms with van der Waals surface area (Å²) in [4.78, 5) is 33.5. The van der Waals surface area contributed by atoms with Crippen molar-refractivity contribution in [2.24, 2.45) is 5.92 Å². The summed E-state index contributed by atoms with van der Waals surface area (Å²) in [6.07, 6.45) is -7.00. The Labute approximate surface area is 262 Å². The van der Waals surface area contributed by atoms with Gasteiger partial charge in [-0.15, -0.1) is 0 Å². The minimum atomic E-state index is -5.08. The van der Waals surface area contributed by atoms with E-state index in [4.69, 9.17) is 4.74 Å². The topological polar surface area (TPSA) is 56.3 Å². The molecule has 252 valence electrons. The van der Waals surface area contributed by atoms with Crippen LogP contribution in [0.1, 0.15) is 48.3 Å². The van der Waals surface area contributed by atoms with E-state index in [2.05, 4.69) is 4.90 Å². The molecule has 2 saturated heterocycles. The number of hydrogen-bond donors (Lipinski definition) is 0. The van der Waals surface area contributed by atoms with Gasteiger partial charge in [-0.3, -0.25) is 14.6 Å². The zero-order valence-corrected chi connectivity index (χ0v) is 25.6. The molecule has 0 aromatic heterocycles. The second kappa shape index (κ2) is 13.4. The quantitative estimate of drug-likeness (QED) is 0.358. The van der Waals surface area contributed by atoms with Crippen LogP contribution in [-0.2, 0) is 21.9 Å². The van der Waals surface area contributed by atoms with E-state index in [0.717, 1.165) is 37.9 Å². The molecule has 3 amide bonds. The molecule has 3 fully saturated rings. The van der Waals surface area contributed by atoms with E-state index in [-0.39, 0.29) is 31.0 Å². The molecule has 3 aliphatic rings. The van der Waals surface area contributed by atoms with Gasteiger partial charge in [0.1, 0.15) is 5.82 Å². The fourth-order valence-electron chi connectivity index (χ4n) is 6.91. The van der Waals surface area contributed by atoms with Crippen molar-refractivity contribution in [3.05, 3.63) is 65.0 Å². The van der Waals surface area contributed by atoms with E-state index in [1.54, 1.807) is 17.0 Å². The van der Waals surface area contributed by atoms with E-state index in [1.807, 2.05) is 0 Å². The molecule has 46 heavy (non-hydrogen) atoms. The minimum absolute atomic E-state index is 0.00493. The molecule has 0 spiro atoms. The monoisotopic (exact) mass is 658 g/mol. The van der Waals surface area contributed by atoms with E-state index < -0.39 is 53.0 Å². The summed E-state index contributed by atoms with van der Waals surface area (Å²) in [6.45, 7) is 3.44. The highest BCUT2D eigenvalue weighted by Crippen LogP contribution is 2.39. The molecular weight excluding hydrogens is 621 g/mol. The van der Waals surface area contributed by atoms with Gasteiger partial charge in [-0.2, -0.15) is 26.3 Å². The highest BCUT2D eigenvalue weighted by Gasteiger charge is 2.44. The highest BCUT2D eigenvalue weighted by molar-refractivity contribution is 5.92. The molecule has 5 rings (SSSR count). The van der Waals surface area contributed by atoms with Crippen LogP contribution in [0.5, 0.6) is 0 Å². The summed E-state index contributed by atoms with van der Waals surface area (Å²) >= 11 is 0. The third kappa shape index (κ3) is 7.43. The molecule has 0 N–H and O–H groups in total. The van der Waals surface area contributed by atoms with Crippen LogP contribution in [0, 0.1) is 11.7 Å². The van der Waals surface area contributed by atoms with Crippen molar-refractivity contribution in [3.8, 4) is 0 Å². The average molecular weight is 659 g/mol. The number of likely N-dealkylation sites (N-methyl/N-ethyl adjacent to an activating group) is 1. The Balaban J connectivity index is 1.35. The zero-order chi connectivity index (χ0) is 33.4. The number of carbonyl (C=O) groups is 2. The van der Waals surface area contributed by atoms with Crippen molar-refractivity contribution in [2.75, 3.05) is 58.4 Å². The standard InChI is InChI=1S/C32H37F7N4O3/c1-40(26-16-22(31(34,35)36)15-23(17-26)32(37,38)39)30(45)41(2)28-19-43(18-27(28)20-3-7-24(33)8-4-20)29(44)21-5-9-25(10-6-21)42-11-13-46-14-12-42/h3-4,7-8,15-17,21,25,27-28H,5-6,9-14,18-19H2,1-2H3. The molecule has 0 bridgehead atoms. The lowest BCUT2D eigenvalue weighted by Gasteiger charge is -2.39. The number of benzene rings is 2. The summed E-state index contributed by atoms with van der Waals surface area (Å²) in [5, 5.41) is 0. The van der Waals surface area contributed by atoms with Gasteiger partial charge >= 0.3 is 18.4 Å². The predicted octanol–water partition coefficient (Wildman–Crippen LogP) is 6.24. The summed E-state index contributed by atoms with van der Waals surface area (Å²) in [6, 6.07) is 5.49. The number of likely N-dealkylation sites (tertiary alicyclic amines) is 1. The van der Waals surface area contributed by atoms with Crippen molar-refractivity contribution in [3.63, 3.8) is 0 Å². The van der Waals surface area contributed by atoms with Gasteiger partial charge < -0.3 is 14.5 Å². The van der Waals surface area contributed by atoms with Gasteiger partial charge in [-0.25, -0.2) is 9.18 Å². The molecular formula is C32H37F7N4O3. The van der Waals surface area contributed by atoms with Crippen LogP contribution < -0.4 is 4.90 Å². The summed E-state index contributed by atoms with van der Waals surface area (Å²) < 4.78 is 100. The van der Waals surface area contributed by atoms with Gasteiger partial charge in [0, 0.05) is 63.8 Å². The Morgan fingerprint density at radius 2 is 1.39 bits per heavy atom. The summed E-state index contributed by atoms with van der Waals surface area (Å²) in [5.41, 5.74) is -3.01. The van der Waals surface area contributed by atoms with Gasteiger partial charge in [0.05, 0.1) is 30.4 Å². The molecule has 2 atom stereocenters. The first-order valence-electron chi connectivity index (χ1n) is 15.3. The van der Waals surface area contributed by atoms with Crippen LogP contribution in [0.2, 0.25) is 0 Å². The van der Waals surface area contributed by atoms with E-state index in [1.165, 1.54) is 24.1 Å². The summed E-state index contributed by atoms with van der Waals surface area (Å²) in [5.74, 6) is -1.21. The minimum Gasteiger partial charge on any atom is -0.379 e. The van der Waals surface area contributed by atoms with Gasteiger partial charge in [0.25, 0.3) is 0 Å². The number of carbonyl (C=O) groups excluding carboxylic acids is 2. The molecule has 2 unspecified atom stereocenters. The fraction of sp³-hybridized carbons (Fsp3) is 0.562. The van der Waals surface area contributed by atoms with Crippen molar-refractivity contribution in [2.45, 2.75) is 56.0 Å². The first-order chi connectivity index (χ1) is 21.6. The number of halogens is 7. The number of ether oxygens (including phenoxy) is 1. The smallest absolute Gasteiger partial charge is 0.379 e. The molecule has 14 heteroatoms. The maximum absolute atomic E-state index is 13.8. The number of anilines is 1. The van der Waals surface area contributed by atoms with Crippen LogP contribution in [0.4, 0.5) is 41.2 Å². The first-order valence-corrected chi connectivity index (χ1v) is 15.3. The highest BCUT2D eigenvalue weighted by atomic mass is 19.4. The van der Waals surface area contributed by atoms with Gasteiger partial charge in [0.2, 0.25) is 5.91 Å². The third-order valence-electron chi connectivity index (χ3n) is 9.55. The Morgan fingerprint density at radius 3 is 1.93 bits per heavy atom. The second-order valence-electron chi connectivity index (χ2n) is 12.3. The number of hydrogen-bond acceptors (Lipinski definition) is 4. The number of amides is 3. The van der Waals surface area contributed by atoms with Crippen molar-refractivity contribution < 1.29 is 45.1 Å². The first kappa shape index (κ1) is 34.0. The largest absolute Gasteiger partial charge is 0.416 e. The van der Waals surface area contributed by atoms with Crippen LogP contribution in [-0.4, -0.2) is 92.2 Å². The molecule has 2 aliphatic heterocycles. The predicted molar refractivity (Wildman–Crippen MR) is 156 cm³/mol. The number of morpholine rings is 1. The number of urea groups is 1. The Bertz CT molecular complexity index is 1360. The number of nitrogens with zero attached hydrogens (tertiary/aromatic N) is 4. The van der Waals surface area contributed by atoms with Crippen LogP contribution >= 0.6 is 0 Å². The average Bonchev–Trinajstić information content (AvgIpc) is 3.48. The molecule has 2 heterocycles. The van der Waals surface area contributed by atoms with Gasteiger partial charge in [-0.1, -0.05) is 12.1 Å². The van der Waals surface area contributed by atoms with E-state index in [9.17, 15) is 40.3 Å². The van der Waals surface area contributed by atoms with Crippen LogP contribution in [0.25, 0.3) is 0 Å². The van der Waals surface area contributed by atoms with Crippen LogP contribution in [0.3, 0.4) is 0 Å². The molecule has 7 nitrogen and oxygen atoms in total. The van der Waals surface area contributed by atoms with Gasteiger partial charge in [0.15, 0.2) is 0 Å². The van der Waals surface area contributed by atoms with Crippen molar-refractivity contribution >= 4 is 17.6 Å². The van der Waals surface area contributed by atoms with E-state index in [0.29, 0.717) is 49.8 Å². The normalized spacial score (nSPS) is 24.6. The Hall–Kier alpha value is -3.39. The van der Waals surface area contributed by atoms with Crippen LogP contribution in [0.15, 0.2) is 42.5 Å². The molecule has 0 radical (unpaired) electrons. The van der Waals surface area contributed by atoms with E-state index >= 15 is 0 Å². The molecule has 1 saturated carbocycles. The number of rotatable bonds is 5. The zero-order valence-electron chi connectivity index (χ0n) is 25.6. The lowest BCUT2D eigenvalue weighted by molar-refractivity contribution is -0.143. The Kier molecular flexibility index (Phi) is 9.88. The lowest BCUT2D eigenvalue weighted by atomic mass is 9.84. The maximum atomic E-state index is 13.8. The van der Waals surface area contributed by atoms with Crippen molar-refractivity contribution in [1.29, 1.82) is 0 Å². The number of alkyl halides is 6. The molecule has 1 aliphatic carbocycles. The summed E-state index contributed by atoms with van der Waals surface area (Å²) in [7, 11) is 2.51. The van der Waals surface area contributed by atoms with Crippen molar-refractivity contribution in [1.82, 2.24) is 14.7 Å². The van der Waals surface area contributed by atoms with Gasteiger partial charge in [-0.05, 0) is 61.6 Å².